The third-order valence-electron chi connectivity index (χ3n) is 12.9. The summed E-state index contributed by atoms with van der Waals surface area (Å²) in [6.07, 6.45) is 8.66. The first-order chi connectivity index (χ1) is 28.3. The zero-order valence-corrected chi connectivity index (χ0v) is 32.7. The van der Waals surface area contributed by atoms with Crippen molar-refractivity contribution in [2.24, 2.45) is 7.05 Å². The summed E-state index contributed by atoms with van der Waals surface area (Å²) in [6, 6.07) is 17.4. The molecule has 5 aliphatic heterocycles. The highest BCUT2D eigenvalue weighted by atomic mass is 16.5. The van der Waals surface area contributed by atoms with Crippen molar-refractivity contribution in [3.63, 3.8) is 0 Å². The molecule has 14 heteroatoms. The number of fused-ring (bicyclic) bond motifs is 4. The molecule has 1 unspecified atom stereocenters. The molecule has 14 nitrogen and oxygen atoms in total. The lowest BCUT2D eigenvalue weighted by Crippen LogP contribution is -2.55. The number of pyridine rings is 2. The van der Waals surface area contributed by atoms with Crippen LogP contribution in [-0.2, 0) is 21.4 Å². The van der Waals surface area contributed by atoms with Crippen molar-refractivity contribution in [2.45, 2.75) is 43.9 Å². The van der Waals surface area contributed by atoms with E-state index in [1.54, 1.807) is 12.1 Å². The number of piperazine rings is 1. The second-order valence-electron chi connectivity index (χ2n) is 16.3. The van der Waals surface area contributed by atoms with Gasteiger partial charge in [-0.15, -0.1) is 0 Å². The van der Waals surface area contributed by atoms with E-state index in [4.69, 9.17) is 9.72 Å². The smallest absolute Gasteiger partial charge is 0.262 e. The second-order valence-corrected chi connectivity index (χ2v) is 16.3. The summed E-state index contributed by atoms with van der Waals surface area (Å²) in [5.74, 6) is -0.926. The van der Waals surface area contributed by atoms with Crippen LogP contribution in [0.4, 0.5) is 11.5 Å². The molecule has 298 valence electrons. The Morgan fingerprint density at radius 2 is 1.47 bits per heavy atom. The first kappa shape index (κ1) is 36.6. The standard InChI is InChI=1S/C44H47N9O5/c1-48-37-10-13-45-25-36(37)33-5-2-28(22-39(33)48)29-3-8-40(46-24-29)52-26-32(27-52)58-31-11-14-49(15-12-31)16-17-50-18-20-51(21-19-50)30-4-6-34-35(23-30)44(57)53(43(34)56)38-7-9-41(54)47-42(38)55/h2-6,8,10,13,22-25,31-32,38H,7,9,11-12,14-21,26-27H2,1H3,(H,47,54,55). The summed E-state index contributed by atoms with van der Waals surface area (Å²) in [7, 11) is 2.10. The number of hydrogen-bond acceptors (Lipinski definition) is 11. The molecule has 4 fully saturated rings. The molecule has 4 saturated heterocycles. The molecular formula is C44H47N9O5. The Labute approximate surface area is 336 Å². The number of ether oxygens (including phenoxy) is 1. The third kappa shape index (κ3) is 6.68. The molecule has 0 saturated carbocycles. The normalized spacial score (nSPS) is 21.3. The maximum absolute atomic E-state index is 13.3. The van der Waals surface area contributed by atoms with Gasteiger partial charge in [-0.3, -0.25) is 39.3 Å². The quantitative estimate of drug-likeness (QED) is 0.220. The molecule has 8 heterocycles. The zero-order chi connectivity index (χ0) is 39.5. The number of anilines is 2. The fourth-order valence-corrected chi connectivity index (χ4v) is 9.40. The first-order valence-corrected chi connectivity index (χ1v) is 20.5. The number of aryl methyl sites for hydroxylation is 1. The zero-order valence-electron chi connectivity index (χ0n) is 32.7. The van der Waals surface area contributed by atoms with Gasteiger partial charge in [-0.2, -0.15) is 0 Å². The van der Waals surface area contributed by atoms with E-state index in [2.05, 4.69) is 77.9 Å². The van der Waals surface area contributed by atoms with Gasteiger partial charge in [-0.1, -0.05) is 12.1 Å². The minimum atomic E-state index is -0.957. The Hall–Kier alpha value is -5.70. The van der Waals surface area contributed by atoms with Gasteiger partial charge in [0, 0.05) is 125 Å². The Morgan fingerprint density at radius 1 is 0.707 bits per heavy atom. The van der Waals surface area contributed by atoms with E-state index in [1.165, 1.54) is 21.8 Å². The third-order valence-corrected chi connectivity index (χ3v) is 12.9. The van der Waals surface area contributed by atoms with E-state index in [0.29, 0.717) is 17.2 Å². The highest BCUT2D eigenvalue weighted by molar-refractivity contribution is 6.23. The van der Waals surface area contributed by atoms with Gasteiger partial charge in [0.1, 0.15) is 11.9 Å². The number of imide groups is 2. The molecular weight excluding hydrogens is 735 g/mol. The van der Waals surface area contributed by atoms with Crippen LogP contribution in [0.1, 0.15) is 46.4 Å². The molecule has 0 aliphatic carbocycles. The van der Waals surface area contributed by atoms with Crippen LogP contribution in [0, 0.1) is 0 Å². The molecule has 0 spiro atoms. The molecule has 10 rings (SSSR count). The number of carbonyl (C=O) groups excluding carboxylic acids is 4. The van der Waals surface area contributed by atoms with Gasteiger partial charge in [0.2, 0.25) is 11.8 Å². The fraction of sp³-hybridized carbons (Fsp3) is 0.409. The van der Waals surface area contributed by atoms with Gasteiger partial charge in [0.05, 0.1) is 28.9 Å². The molecule has 4 amide bonds. The number of aromatic nitrogens is 3. The number of nitrogens with zero attached hydrogens (tertiary/aromatic N) is 8. The van der Waals surface area contributed by atoms with Crippen molar-refractivity contribution in [2.75, 3.05) is 75.2 Å². The Bertz CT molecular complexity index is 2430. The highest BCUT2D eigenvalue weighted by Crippen LogP contribution is 2.33. The highest BCUT2D eigenvalue weighted by Gasteiger charge is 2.45. The number of likely N-dealkylation sites (tertiary alicyclic amines) is 1. The van der Waals surface area contributed by atoms with Crippen LogP contribution in [0.2, 0.25) is 0 Å². The average Bonchev–Trinajstić information content (AvgIpc) is 3.66. The second kappa shape index (κ2) is 14.9. The van der Waals surface area contributed by atoms with E-state index >= 15 is 0 Å². The maximum Gasteiger partial charge on any atom is 0.262 e. The van der Waals surface area contributed by atoms with Crippen molar-refractivity contribution < 1.29 is 23.9 Å². The van der Waals surface area contributed by atoms with Gasteiger partial charge < -0.3 is 24.0 Å². The van der Waals surface area contributed by atoms with Crippen molar-refractivity contribution in [1.29, 1.82) is 0 Å². The van der Waals surface area contributed by atoms with Gasteiger partial charge in [-0.05, 0) is 67.3 Å². The number of hydrogen-bond donors (Lipinski definition) is 1. The SMILES string of the molecule is Cn1c2ccncc2c2ccc(-c3ccc(N4CC(OC5CCN(CCN6CCN(c7ccc8c(c7)C(=O)N(C7CCC(=O)NC7=O)C8=O)CC6)CC5)C4)nc3)cc21. The number of amides is 4. The number of rotatable bonds is 9. The summed E-state index contributed by atoms with van der Waals surface area (Å²) in [4.78, 5) is 70.2. The number of benzene rings is 2. The monoisotopic (exact) mass is 781 g/mol. The van der Waals surface area contributed by atoms with Crippen LogP contribution in [0.15, 0.2) is 73.2 Å². The van der Waals surface area contributed by atoms with Crippen molar-refractivity contribution >= 4 is 56.9 Å². The Morgan fingerprint density at radius 3 is 2.22 bits per heavy atom. The van der Waals surface area contributed by atoms with Crippen LogP contribution >= 0.6 is 0 Å². The molecule has 0 radical (unpaired) electrons. The van der Waals surface area contributed by atoms with E-state index < -0.39 is 23.8 Å². The predicted octanol–water partition coefficient (Wildman–Crippen LogP) is 3.68. The van der Waals surface area contributed by atoms with Crippen LogP contribution in [0.5, 0.6) is 0 Å². The van der Waals surface area contributed by atoms with Gasteiger partial charge in [-0.25, -0.2) is 4.98 Å². The average molecular weight is 782 g/mol. The van der Waals surface area contributed by atoms with Crippen LogP contribution < -0.4 is 15.1 Å². The van der Waals surface area contributed by atoms with Gasteiger partial charge >= 0.3 is 0 Å². The van der Waals surface area contributed by atoms with Crippen LogP contribution in [0.3, 0.4) is 0 Å². The summed E-state index contributed by atoms with van der Waals surface area (Å²) in [5.41, 5.74) is 6.16. The fourth-order valence-electron chi connectivity index (χ4n) is 9.40. The van der Waals surface area contributed by atoms with Crippen molar-refractivity contribution in [1.82, 2.24) is 34.6 Å². The Kier molecular flexibility index (Phi) is 9.42. The number of carbonyl (C=O) groups is 4. The summed E-state index contributed by atoms with van der Waals surface area (Å²) < 4.78 is 8.77. The van der Waals surface area contributed by atoms with Crippen LogP contribution in [0.25, 0.3) is 32.9 Å². The first-order valence-electron chi connectivity index (χ1n) is 20.5. The minimum Gasteiger partial charge on any atom is -0.371 e. The summed E-state index contributed by atoms with van der Waals surface area (Å²) in [5, 5.41) is 4.63. The number of nitrogens with one attached hydrogen (secondary N) is 1. The number of piperidine rings is 2. The van der Waals surface area contributed by atoms with Crippen molar-refractivity contribution in [3.8, 4) is 11.1 Å². The molecule has 5 aliphatic rings. The molecule has 5 aromatic rings. The topological polar surface area (TPSA) is 136 Å². The lowest BCUT2D eigenvalue weighted by Gasteiger charge is -2.43. The molecule has 1 atom stereocenters. The summed E-state index contributed by atoms with van der Waals surface area (Å²) >= 11 is 0. The van der Waals surface area contributed by atoms with E-state index in [9.17, 15) is 19.2 Å². The molecule has 58 heavy (non-hydrogen) atoms. The van der Waals surface area contributed by atoms with Crippen LogP contribution in [-0.4, -0.2) is 137 Å². The van der Waals surface area contributed by atoms with Crippen molar-refractivity contribution in [3.05, 3.63) is 84.3 Å². The largest absolute Gasteiger partial charge is 0.371 e. The van der Waals surface area contributed by atoms with Gasteiger partial charge in [0.25, 0.3) is 11.8 Å². The molecule has 2 aromatic carbocycles. The molecule has 0 bridgehead atoms. The minimum absolute atomic E-state index is 0.104. The maximum atomic E-state index is 13.3. The lowest BCUT2D eigenvalue weighted by molar-refractivity contribution is -0.136. The Balaban J connectivity index is 0.646. The molecule has 1 N–H and O–H groups in total. The van der Waals surface area contributed by atoms with E-state index in [0.717, 1.165) is 106 Å². The predicted molar refractivity (Wildman–Crippen MR) is 220 cm³/mol. The van der Waals surface area contributed by atoms with E-state index in [-0.39, 0.29) is 24.9 Å². The summed E-state index contributed by atoms with van der Waals surface area (Å²) in [6.45, 7) is 9.36. The lowest BCUT2D eigenvalue weighted by atomic mass is 10.0. The van der Waals surface area contributed by atoms with Gasteiger partial charge in [0.15, 0.2) is 0 Å². The van der Waals surface area contributed by atoms with E-state index in [1.807, 2.05) is 24.7 Å². The molecule has 3 aromatic heterocycles.